The minimum absolute atomic E-state index is 0.0104. The van der Waals surface area contributed by atoms with Crippen LogP contribution in [0.3, 0.4) is 0 Å². The van der Waals surface area contributed by atoms with E-state index in [2.05, 4.69) is 10.4 Å². The molecule has 1 aromatic heterocycles. The summed E-state index contributed by atoms with van der Waals surface area (Å²) in [7, 11) is -3.36. The number of hydrogen-bond acceptors (Lipinski definition) is 6. The molecular weight excluding hydrogens is 463 g/mol. The van der Waals surface area contributed by atoms with Crippen molar-refractivity contribution in [3.05, 3.63) is 76.7 Å². The average molecular weight is 482 g/mol. The number of nitrogens with zero attached hydrogens (tertiary/aromatic N) is 3. The van der Waals surface area contributed by atoms with Crippen molar-refractivity contribution in [1.82, 2.24) is 14.7 Å². The molecule has 0 fully saturated rings. The Morgan fingerprint density at radius 1 is 1.00 bits per heavy atom. The molecule has 2 aliphatic rings. The molecule has 3 heterocycles. The van der Waals surface area contributed by atoms with Gasteiger partial charge in [0.2, 0.25) is 5.91 Å². The van der Waals surface area contributed by atoms with Crippen molar-refractivity contribution in [2.45, 2.75) is 24.3 Å². The predicted octanol–water partition coefficient (Wildman–Crippen LogP) is 2.45. The molecule has 11 heteroatoms. The molecule has 174 valence electrons. The maximum absolute atomic E-state index is 13.4. The van der Waals surface area contributed by atoms with Crippen molar-refractivity contribution in [3.8, 4) is 5.69 Å². The van der Waals surface area contributed by atoms with Crippen molar-refractivity contribution >= 4 is 33.4 Å². The average Bonchev–Trinajstić information content (AvgIpc) is 3.36. The first kappa shape index (κ1) is 22.0. The van der Waals surface area contributed by atoms with E-state index < -0.39 is 33.4 Å². The van der Waals surface area contributed by atoms with Crippen LogP contribution in [0.4, 0.5) is 10.2 Å². The van der Waals surface area contributed by atoms with Gasteiger partial charge in [-0.15, -0.1) is 0 Å². The standard InChI is InChI=1S/C23H19FN4O5S/c24-14-7-9-15(10-8-14)28-21(18-12-34(32,33)13-19(18)26-28)25-20(29)6-3-11-27-22(30)16-4-1-2-5-17(16)23(27)31/h1-2,4-5,7-10H,3,6,11-13H2,(H,25,29). The highest BCUT2D eigenvalue weighted by atomic mass is 32.2. The zero-order valence-corrected chi connectivity index (χ0v) is 18.6. The molecule has 5 rings (SSSR count). The van der Waals surface area contributed by atoms with E-state index >= 15 is 0 Å². The summed E-state index contributed by atoms with van der Waals surface area (Å²) in [6.45, 7) is 0.0729. The number of hydrogen-bond donors (Lipinski definition) is 1. The third kappa shape index (κ3) is 3.87. The monoisotopic (exact) mass is 482 g/mol. The number of aromatic nitrogens is 2. The summed E-state index contributed by atoms with van der Waals surface area (Å²) in [5.41, 5.74) is 1.90. The number of rotatable bonds is 6. The van der Waals surface area contributed by atoms with E-state index in [0.29, 0.717) is 28.1 Å². The molecule has 34 heavy (non-hydrogen) atoms. The second-order valence-corrected chi connectivity index (χ2v) is 10.2. The van der Waals surface area contributed by atoms with E-state index in [1.54, 1.807) is 24.3 Å². The molecule has 0 spiro atoms. The Hall–Kier alpha value is -3.86. The summed E-state index contributed by atoms with van der Waals surface area (Å²) in [5.74, 6) is -1.92. The van der Waals surface area contributed by atoms with Crippen LogP contribution in [0.15, 0.2) is 48.5 Å². The van der Waals surface area contributed by atoms with Gasteiger partial charge in [0, 0.05) is 18.5 Å². The summed E-state index contributed by atoms with van der Waals surface area (Å²) in [5, 5.41) is 7.05. The van der Waals surface area contributed by atoms with E-state index in [9.17, 15) is 27.2 Å². The minimum Gasteiger partial charge on any atom is -0.310 e. The normalized spacial score (nSPS) is 16.0. The number of benzene rings is 2. The molecule has 0 saturated carbocycles. The molecule has 0 unspecified atom stereocenters. The Morgan fingerprint density at radius 3 is 2.29 bits per heavy atom. The van der Waals surface area contributed by atoms with E-state index in [4.69, 9.17) is 0 Å². The summed E-state index contributed by atoms with van der Waals surface area (Å²) in [6.07, 6.45) is 0.214. The van der Waals surface area contributed by atoms with Gasteiger partial charge in [0.1, 0.15) is 11.6 Å². The second kappa shape index (κ2) is 8.17. The van der Waals surface area contributed by atoms with Crippen LogP contribution in [-0.4, -0.2) is 47.4 Å². The highest BCUT2D eigenvalue weighted by Gasteiger charge is 2.35. The van der Waals surface area contributed by atoms with Crippen LogP contribution in [0, 0.1) is 5.82 Å². The molecule has 3 amide bonds. The van der Waals surface area contributed by atoms with Gasteiger partial charge < -0.3 is 5.32 Å². The van der Waals surface area contributed by atoms with Crippen LogP contribution < -0.4 is 5.32 Å². The number of anilines is 1. The molecule has 9 nitrogen and oxygen atoms in total. The first-order valence-corrected chi connectivity index (χ1v) is 12.4. The minimum atomic E-state index is -3.36. The largest absolute Gasteiger partial charge is 0.310 e. The van der Waals surface area contributed by atoms with Gasteiger partial charge in [-0.2, -0.15) is 5.10 Å². The van der Waals surface area contributed by atoms with Gasteiger partial charge in [0.15, 0.2) is 9.84 Å². The Balaban J connectivity index is 1.30. The van der Waals surface area contributed by atoms with Crippen molar-refractivity contribution in [2.24, 2.45) is 0 Å². The van der Waals surface area contributed by atoms with Crippen LogP contribution in [0.5, 0.6) is 0 Å². The fourth-order valence-corrected chi connectivity index (χ4v) is 5.67. The molecule has 0 saturated heterocycles. The van der Waals surface area contributed by atoms with Crippen LogP contribution in [0.25, 0.3) is 5.69 Å². The topological polar surface area (TPSA) is 118 Å². The van der Waals surface area contributed by atoms with E-state index in [-0.39, 0.29) is 36.7 Å². The Morgan fingerprint density at radius 2 is 1.65 bits per heavy atom. The number of carbonyl (C=O) groups is 3. The van der Waals surface area contributed by atoms with Crippen LogP contribution in [-0.2, 0) is 26.1 Å². The SMILES string of the molecule is O=C(CCCN1C(=O)c2ccccc2C1=O)Nc1c2c(nn1-c1ccc(F)cc1)CS(=O)(=O)C2. The lowest BCUT2D eigenvalue weighted by Gasteiger charge is -2.14. The Kier molecular flexibility index (Phi) is 5.28. The van der Waals surface area contributed by atoms with Crippen molar-refractivity contribution < 1.29 is 27.2 Å². The lowest BCUT2D eigenvalue weighted by Crippen LogP contribution is -2.31. The first-order chi connectivity index (χ1) is 16.2. The number of halogens is 1. The second-order valence-electron chi connectivity index (χ2n) is 8.15. The summed E-state index contributed by atoms with van der Waals surface area (Å²) >= 11 is 0. The highest BCUT2D eigenvalue weighted by Crippen LogP contribution is 2.33. The maximum Gasteiger partial charge on any atom is 0.261 e. The number of imide groups is 1. The zero-order valence-electron chi connectivity index (χ0n) is 17.8. The number of fused-ring (bicyclic) bond motifs is 2. The smallest absolute Gasteiger partial charge is 0.261 e. The Labute approximate surface area is 194 Å². The fraction of sp³-hybridized carbons (Fsp3) is 0.217. The summed E-state index contributed by atoms with van der Waals surface area (Å²) in [4.78, 5) is 38.8. The third-order valence-corrected chi connectivity index (χ3v) is 7.22. The van der Waals surface area contributed by atoms with Gasteiger partial charge in [-0.25, -0.2) is 17.5 Å². The third-order valence-electron chi connectivity index (χ3n) is 5.78. The molecule has 0 aliphatic carbocycles. The highest BCUT2D eigenvalue weighted by molar-refractivity contribution is 7.90. The number of carbonyl (C=O) groups excluding carboxylic acids is 3. The number of sulfone groups is 1. The van der Waals surface area contributed by atoms with Crippen molar-refractivity contribution in [2.75, 3.05) is 11.9 Å². The Bertz CT molecular complexity index is 1410. The molecule has 2 aliphatic heterocycles. The van der Waals surface area contributed by atoms with Crippen LogP contribution >= 0.6 is 0 Å². The molecule has 0 bridgehead atoms. The molecule has 1 N–H and O–H groups in total. The van der Waals surface area contributed by atoms with Gasteiger partial charge in [-0.3, -0.25) is 19.3 Å². The summed E-state index contributed by atoms with van der Waals surface area (Å²) in [6, 6.07) is 12.0. The number of amides is 3. The molecule has 3 aromatic rings. The zero-order chi connectivity index (χ0) is 24.0. The van der Waals surface area contributed by atoms with Gasteiger partial charge in [0.05, 0.1) is 34.0 Å². The van der Waals surface area contributed by atoms with Gasteiger partial charge in [-0.05, 0) is 42.8 Å². The quantitative estimate of drug-likeness (QED) is 0.539. The maximum atomic E-state index is 13.4. The lowest BCUT2D eigenvalue weighted by atomic mass is 10.1. The van der Waals surface area contributed by atoms with E-state index in [1.807, 2.05) is 0 Å². The molecular formula is C23H19FN4O5S. The van der Waals surface area contributed by atoms with E-state index in [1.165, 1.54) is 28.9 Å². The van der Waals surface area contributed by atoms with Crippen LogP contribution in [0.1, 0.15) is 44.8 Å². The molecule has 2 aromatic carbocycles. The first-order valence-electron chi connectivity index (χ1n) is 10.6. The van der Waals surface area contributed by atoms with E-state index in [0.717, 1.165) is 4.90 Å². The van der Waals surface area contributed by atoms with Gasteiger partial charge in [-0.1, -0.05) is 12.1 Å². The van der Waals surface area contributed by atoms with Crippen LogP contribution in [0.2, 0.25) is 0 Å². The molecule has 0 atom stereocenters. The predicted molar refractivity (Wildman–Crippen MR) is 120 cm³/mol. The summed E-state index contributed by atoms with van der Waals surface area (Å²) < 4.78 is 38.9. The fourth-order valence-electron chi connectivity index (χ4n) is 4.17. The van der Waals surface area contributed by atoms with Crippen molar-refractivity contribution in [1.29, 1.82) is 0 Å². The lowest BCUT2D eigenvalue weighted by molar-refractivity contribution is -0.116. The van der Waals surface area contributed by atoms with Gasteiger partial charge in [0.25, 0.3) is 11.8 Å². The number of nitrogens with one attached hydrogen (secondary N) is 1. The van der Waals surface area contributed by atoms with Crippen molar-refractivity contribution in [3.63, 3.8) is 0 Å². The van der Waals surface area contributed by atoms with Gasteiger partial charge >= 0.3 is 0 Å². The molecule has 0 radical (unpaired) electrons.